The zero-order valence-electron chi connectivity index (χ0n) is 11.6. The summed E-state index contributed by atoms with van der Waals surface area (Å²) in [4.78, 5) is 22.7. The molecule has 3 heteroatoms. The molecule has 0 saturated heterocycles. The van der Waals surface area contributed by atoms with E-state index >= 15 is 0 Å². The minimum Gasteiger partial charge on any atom is -0.466 e. The van der Waals surface area contributed by atoms with Crippen molar-refractivity contribution >= 4 is 11.8 Å². The van der Waals surface area contributed by atoms with Gasteiger partial charge in [0.15, 0.2) is 0 Å². The summed E-state index contributed by atoms with van der Waals surface area (Å²) < 4.78 is 4.87. The maximum Gasteiger partial charge on any atom is 0.305 e. The number of carbonyl (C=O) groups excluding carboxylic acids is 2. The molecule has 0 bridgehead atoms. The Labute approximate surface area is 110 Å². The Morgan fingerprint density at radius 2 is 2.00 bits per heavy atom. The molecule has 18 heavy (non-hydrogen) atoms. The zero-order valence-corrected chi connectivity index (χ0v) is 11.6. The maximum atomic E-state index is 11.6. The molecular formula is C15H26O3. The molecule has 0 radical (unpaired) electrons. The van der Waals surface area contributed by atoms with Crippen molar-refractivity contribution in [3.8, 4) is 0 Å². The highest BCUT2D eigenvalue weighted by atomic mass is 16.5. The lowest BCUT2D eigenvalue weighted by Gasteiger charge is -2.19. The van der Waals surface area contributed by atoms with Crippen molar-refractivity contribution in [2.45, 2.75) is 71.1 Å². The lowest BCUT2D eigenvalue weighted by atomic mass is 9.84. The molecule has 104 valence electrons. The standard InChI is InChI=1S/C15H26O3/c1-2-18-15(17)12-6-4-3-5-9-13-10-7-8-11-14(13)16/h13H,2-12H2,1H3. The second kappa shape index (κ2) is 9.12. The van der Waals surface area contributed by atoms with Crippen molar-refractivity contribution in [3.63, 3.8) is 0 Å². The van der Waals surface area contributed by atoms with Crippen LogP contribution in [-0.2, 0) is 14.3 Å². The largest absolute Gasteiger partial charge is 0.466 e. The van der Waals surface area contributed by atoms with E-state index in [9.17, 15) is 9.59 Å². The van der Waals surface area contributed by atoms with Gasteiger partial charge in [-0.2, -0.15) is 0 Å². The van der Waals surface area contributed by atoms with E-state index in [0.717, 1.165) is 51.4 Å². The third-order valence-corrected chi connectivity index (χ3v) is 3.67. The van der Waals surface area contributed by atoms with Gasteiger partial charge in [0.25, 0.3) is 0 Å². The minimum atomic E-state index is -0.0834. The van der Waals surface area contributed by atoms with E-state index in [4.69, 9.17) is 4.74 Å². The molecule has 1 atom stereocenters. The van der Waals surface area contributed by atoms with Gasteiger partial charge < -0.3 is 4.74 Å². The summed E-state index contributed by atoms with van der Waals surface area (Å²) in [6.45, 7) is 2.31. The lowest BCUT2D eigenvalue weighted by molar-refractivity contribution is -0.143. The molecule has 0 aromatic carbocycles. The number of esters is 1. The highest BCUT2D eigenvalue weighted by molar-refractivity contribution is 5.81. The van der Waals surface area contributed by atoms with E-state index in [2.05, 4.69) is 0 Å². The van der Waals surface area contributed by atoms with Gasteiger partial charge in [0.1, 0.15) is 5.78 Å². The third kappa shape index (κ3) is 6.18. The van der Waals surface area contributed by atoms with Crippen molar-refractivity contribution in [2.24, 2.45) is 5.92 Å². The third-order valence-electron chi connectivity index (χ3n) is 3.67. The zero-order chi connectivity index (χ0) is 13.2. The molecule has 0 heterocycles. The van der Waals surface area contributed by atoms with Crippen LogP contribution in [0.4, 0.5) is 0 Å². The molecule has 0 amide bonds. The quantitative estimate of drug-likeness (QED) is 0.490. The van der Waals surface area contributed by atoms with Crippen LogP contribution in [0.25, 0.3) is 0 Å². The summed E-state index contributed by atoms with van der Waals surface area (Å²) in [7, 11) is 0. The summed E-state index contributed by atoms with van der Waals surface area (Å²) in [5.41, 5.74) is 0. The second-order valence-corrected chi connectivity index (χ2v) is 5.17. The van der Waals surface area contributed by atoms with Crippen LogP contribution in [-0.4, -0.2) is 18.4 Å². The SMILES string of the molecule is CCOC(=O)CCCCCCC1CCCCC1=O. The Bertz CT molecular complexity index is 260. The number of hydrogen-bond donors (Lipinski definition) is 0. The molecule has 1 unspecified atom stereocenters. The topological polar surface area (TPSA) is 43.4 Å². The second-order valence-electron chi connectivity index (χ2n) is 5.17. The van der Waals surface area contributed by atoms with E-state index < -0.39 is 0 Å². The molecular weight excluding hydrogens is 228 g/mol. The highest BCUT2D eigenvalue weighted by Gasteiger charge is 2.21. The van der Waals surface area contributed by atoms with Crippen molar-refractivity contribution in [1.29, 1.82) is 0 Å². The Morgan fingerprint density at radius 3 is 2.72 bits per heavy atom. The summed E-state index contributed by atoms with van der Waals surface area (Å²) in [6.07, 6.45) is 10.0. The number of carbonyl (C=O) groups is 2. The van der Waals surface area contributed by atoms with Crippen LogP contribution in [0.15, 0.2) is 0 Å². The molecule has 3 nitrogen and oxygen atoms in total. The van der Waals surface area contributed by atoms with Crippen LogP contribution in [0.1, 0.15) is 71.1 Å². The minimum absolute atomic E-state index is 0.0834. The molecule has 0 spiro atoms. The first-order valence-corrected chi connectivity index (χ1v) is 7.42. The lowest BCUT2D eigenvalue weighted by Crippen LogP contribution is -2.18. The fourth-order valence-electron chi connectivity index (χ4n) is 2.61. The van der Waals surface area contributed by atoms with Gasteiger partial charge in [-0.25, -0.2) is 0 Å². The smallest absolute Gasteiger partial charge is 0.305 e. The molecule has 1 fully saturated rings. The first-order valence-electron chi connectivity index (χ1n) is 7.42. The molecule has 0 N–H and O–H groups in total. The fraction of sp³-hybridized carbons (Fsp3) is 0.867. The van der Waals surface area contributed by atoms with Gasteiger partial charge in [-0.1, -0.05) is 25.7 Å². The summed E-state index contributed by atoms with van der Waals surface area (Å²) in [5, 5.41) is 0. The predicted molar refractivity (Wildman–Crippen MR) is 71.3 cm³/mol. The summed E-state index contributed by atoms with van der Waals surface area (Å²) in [5.74, 6) is 0.733. The van der Waals surface area contributed by atoms with Gasteiger partial charge in [-0.15, -0.1) is 0 Å². The fourth-order valence-corrected chi connectivity index (χ4v) is 2.61. The van der Waals surface area contributed by atoms with Crippen molar-refractivity contribution in [1.82, 2.24) is 0 Å². The van der Waals surface area contributed by atoms with Crippen molar-refractivity contribution in [2.75, 3.05) is 6.61 Å². The van der Waals surface area contributed by atoms with Crippen LogP contribution in [0.2, 0.25) is 0 Å². The molecule has 1 saturated carbocycles. The Hall–Kier alpha value is -0.860. The number of unbranched alkanes of at least 4 members (excludes halogenated alkanes) is 3. The molecule has 1 aliphatic carbocycles. The monoisotopic (exact) mass is 254 g/mol. The van der Waals surface area contributed by atoms with E-state index in [-0.39, 0.29) is 5.97 Å². The van der Waals surface area contributed by atoms with Crippen molar-refractivity contribution < 1.29 is 14.3 Å². The van der Waals surface area contributed by atoms with Gasteiger partial charge in [0.2, 0.25) is 0 Å². The number of rotatable bonds is 8. The molecule has 0 aliphatic heterocycles. The molecule has 1 rings (SSSR count). The average Bonchev–Trinajstić information content (AvgIpc) is 2.36. The number of ketones is 1. The van der Waals surface area contributed by atoms with Crippen LogP contribution < -0.4 is 0 Å². The number of Topliss-reactive ketones (excluding diaryl/α,β-unsaturated/α-hetero) is 1. The molecule has 1 aliphatic rings. The summed E-state index contributed by atoms with van der Waals surface area (Å²) in [6, 6.07) is 0. The van der Waals surface area contributed by atoms with Gasteiger partial charge in [0.05, 0.1) is 6.61 Å². The van der Waals surface area contributed by atoms with Gasteiger partial charge in [-0.3, -0.25) is 9.59 Å². The predicted octanol–water partition coefficient (Wildman–Crippen LogP) is 3.65. The van der Waals surface area contributed by atoms with E-state index in [1.165, 1.54) is 6.42 Å². The molecule has 0 aromatic rings. The normalized spacial score (nSPS) is 19.8. The Balaban J connectivity index is 1.95. The van der Waals surface area contributed by atoms with E-state index in [0.29, 0.717) is 24.7 Å². The van der Waals surface area contributed by atoms with Crippen LogP contribution in [0.3, 0.4) is 0 Å². The summed E-state index contributed by atoms with van der Waals surface area (Å²) >= 11 is 0. The van der Waals surface area contributed by atoms with Gasteiger partial charge in [-0.05, 0) is 32.6 Å². The van der Waals surface area contributed by atoms with Gasteiger partial charge >= 0.3 is 5.97 Å². The molecule has 0 aromatic heterocycles. The first-order chi connectivity index (χ1) is 8.74. The van der Waals surface area contributed by atoms with Gasteiger partial charge in [0, 0.05) is 18.8 Å². The highest BCUT2D eigenvalue weighted by Crippen LogP contribution is 2.25. The Morgan fingerprint density at radius 1 is 1.22 bits per heavy atom. The van der Waals surface area contributed by atoms with E-state index in [1.54, 1.807) is 0 Å². The average molecular weight is 254 g/mol. The maximum absolute atomic E-state index is 11.6. The van der Waals surface area contributed by atoms with Crippen LogP contribution in [0, 0.1) is 5.92 Å². The van der Waals surface area contributed by atoms with Crippen molar-refractivity contribution in [3.05, 3.63) is 0 Å². The Kier molecular flexibility index (Phi) is 7.70. The number of hydrogen-bond acceptors (Lipinski definition) is 3. The van der Waals surface area contributed by atoms with Crippen LogP contribution in [0.5, 0.6) is 0 Å². The van der Waals surface area contributed by atoms with E-state index in [1.807, 2.05) is 6.92 Å². The van der Waals surface area contributed by atoms with Crippen LogP contribution >= 0.6 is 0 Å². The first kappa shape index (κ1) is 15.2. The number of ether oxygens (including phenoxy) is 1.